The van der Waals surface area contributed by atoms with E-state index in [0.717, 1.165) is 64.2 Å². The molecule has 1 saturated heterocycles. The molecule has 1 fully saturated rings. The van der Waals surface area contributed by atoms with E-state index >= 15 is 0 Å². The number of allylic oxidation sites excluding steroid dienone is 11. The molecular formula is C55H97NO8. The summed E-state index contributed by atoms with van der Waals surface area (Å²) >= 11 is 0. The van der Waals surface area contributed by atoms with Crippen LogP contribution in [0.5, 0.6) is 0 Å². The smallest absolute Gasteiger partial charge is 0.220 e. The Kier molecular flexibility index (Phi) is 41.4. The van der Waals surface area contributed by atoms with Gasteiger partial charge in [0.05, 0.1) is 25.4 Å². The molecule has 0 spiro atoms. The molecule has 0 saturated carbocycles. The van der Waals surface area contributed by atoms with Gasteiger partial charge in [-0.3, -0.25) is 4.79 Å². The first-order valence-electron chi connectivity index (χ1n) is 26.2. The summed E-state index contributed by atoms with van der Waals surface area (Å²) in [6, 6.07) is -0.825. The molecule has 9 heteroatoms. The molecule has 0 aliphatic carbocycles. The number of carbonyl (C=O) groups is 1. The molecule has 0 aromatic carbocycles. The monoisotopic (exact) mass is 900 g/mol. The molecular weight excluding hydrogens is 803 g/mol. The number of aliphatic hydroxyl groups excluding tert-OH is 5. The number of ether oxygens (including phenoxy) is 2. The van der Waals surface area contributed by atoms with Gasteiger partial charge in [-0.1, -0.05) is 209 Å². The van der Waals surface area contributed by atoms with E-state index in [1.807, 2.05) is 6.08 Å². The summed E-state index contributed by atoms with van der Waals surface area (Å²) in [5.41, 5.74) is 0. The first-order valence-corrected chi connectivity index (χ1v) is 26.2. The van der Waals surface area contributed by atoms with Gasteiger partial charge in [-0.05, 0) is 70.6 Å². The van der Waals surface area contributed by atoms with E-state index in [2.05, 4.69) is 79.9 Å². The Morgan fingerprint density at radius 1 is 0.547 bits per heavy atom. The van der Waals surface area contributed by atoms with Crippen LogP contribution in [0.2, 0.25) is 0 Å². The maximum absolute atomic E-state index is 13.0. The largest absolute Gasteiger partial charge is 0.394 e. The second-order valence-corrected chi connectivity index (χ2v) is 17.9. The average molecular weight is 900 g/mol. The highest BCUT2D eigenvalue weighted by molar-refractivity contribution is 5.76. The van der Waals surface area contributed by atoms with Crippen LogP contribution in [0.4, 0.5) is 0 Å². The van der Waals surface area contributed by atoms with Crippen molar-refractivity contribution in [1.29, 1.82) is 0 Å². The third-order valence-electron chi connectivity index (χ3n) is 12.0. The zero-order chi connectivity index (χ0) is 46.6. The SMILES string of the molecule is CC/C=C\C/C=C\C/C=C\C/C=C\CCCCCCCCCCCCCCC(=O)NC(COC1OC(CO)C(O)C(O)C1O)C(O)/C=C/CC/C=C/CCCCCCCCCCCC. The lowest BCUT2D eigenvalue weighted by Gasteiger charge is -2.40. The number of rotatable bonds is 43. The molecule has 7 atom stereocenters. The topological polar surface area (TPSA) is 149 Å². The van der Waals surface area contributed by atoms with Crippen LogP contribution in [0.15, 0.2) is 72.9 Å². The molecule has 64 heavy (non-hydrogen) atoms. The molecule has 7 unspecified atom stereocenters. The minimum absolute atomic E-state index is 0.191. The average Bonchev–Trinajstić information content (AvgIpc) is 3.29. The number of aliphatic hydroxyl groups is 5. The van der Waals surface area contributed by atoms with Crippen LogP contribution in [-0.2, 0) is 14.3 Å². The molecule has 1 aliphatic rings. The van der Waals surface area contributed by atoms with E-state index in [0.29, 0.717) is 6.42 Å². The molecule has 0 bridgehead atoms. The van der Waals surface area contributed by atoms with Crippen molar-refractivity contribution in [3.63, 3.8) is 0 Å². The number of carbonyl (C=O) groups excluding carboxylic acids is 1. The third kappa shape index (κ3) is 34.0. The van der Waals surface area contributed by atoms with Crippen LogP contribution in [0.1, 0.15) is 213 Å². The Hall–Kier alpha value is -2.37. The lowest BCUT2D eigenvalue weighted by Crippen LogP contribution is -2.60. The van der Waals surface area contributed by atoms with E-state index in [9.17, 15) is 30.3 Å². The summed E-state index contributed by atoms with van der Waals surface area (Å²) in [6.07, 6.45) is 53.8. The third-order valence-corrected chi connectivity index (χ3v) is 12.0. The summed E-state index contributed by atoms with van der Waals surface area (Å²) in [5.74, 6) is -0.191. The van der Waals surface area contributed by atoms with Crippen molar-refractivity contribution in [2.24, 2.45) is 0 Å². The molecule has 1 aliphatic heterocycles. The van der Waals surface area contributed by atoms with Crippen molar-refractivity contribution in [1.82, 2.24) is 5.32 Å². The second kappa shape index (κ2) is 44.5. The first kappa shape index (κ1) is 59.6. The van der Waals surface area contributed by atoms with Gasteiger partial charge in [-0.25, -0.2) is 0 Å². The zero-order valence-electron chi connectivity index (χ0n) is 40.8. The van der Waals surface area contributed by atoms with Gasteiger partial charge in [0.2, 0.25) is 5.91 Å². The van der Waals surface area contributed by atoms with Crippen molar-refractivity contribution >= 4 is 5.91 Å². The fraction of sp³-hybridized carbons (Fsp3) is 0.764. The number of amides is 1. The van der Waals surface area contributed by atoms with Crippen LogP contribution in [0, 0.1) is 0 Å². The Bertz CT molecular complexity index is 1230. The Morgan fingerprint density at radius 3 is 1.50 bits per heavy atom. The second-order valence-electron chi connectivity index (χ2n) is 17.9. The molecule has 6 N–H and O–H groups in total. The summed E-state index contributed by atoms with van der Waals surface area (Å²) in [6.45, 7) is 3.64. The Balaban J connectivity index is 2.28. The highest BCUT2D eigenvalue weighted by atomic mass is 16.7. The van der Waals surface area contributed by atoms with E-state index < -0.39 is 49.5 Å². The van der Waals surface area contributed by atoms with Gasteiger partial charge < -0.3 is 40.3 Å². The lowest BCUT2D eigenvalue weighted by atomic mass is 9.99. The summed E-state index contributed by atoms with van der Waals surface area (Å²) in [7, 11) is 0. The predicted octanol–water partition coefficient (Wildman–Crippen LogP) is 12.1. The lowest BCUT2D eigenvalue weighted by molar-refractivity contribution is -0.302. The number of hydrogen-bond donors (Lipinski definition) is 6. The van der Waals surface area contributed by atoms with Gasteiger partial charge in [0.25, 0.3) is 0 Å². The van der Waals surface area contributed by atoms with Crippen molar-refractivity contribution < 1.29 is 39.8 Å². The molecule has 0 aromatic heterocycles. The first-order chi connectivity index (χ1) is 31.3. The molecule has 9 nitrogen and oxygen atoms in total. The van der Waals surface area contributed by atoms with Crippen LogP contribution in [-0.4, -0.2) is 87.5 Å². The molecule has 1 amide bonds. The molecule has 1 rings (SSSR count). The highest BCUT2D eigenvalue weighted by Gasteiger charge is 2.44. The van der Waals surface area contributed by atoms with Gasteiger partial charge in [0.1, 0.15) is 24.4 Å². The van der Waals surface area contributed by atoms with Crippen LogP contribution >= 0.6 is 0 Å². The van der Waals surface area contributed by atoms with E-state index in [1.54, 1.807) is 6.08 Å². The van der Waals surface area contributed by atoms with Crippen LogP contribution in [0.25, 0.3) is 0 Å². The van der Waals surface area contributed by atoms with Gasteiger partial charge >= 0.3 is 0 Å². The van der Waals surface area contributed by atoms with Crippen molar-refractivity contribution in [3.05, 3.63) is 72.9 Å². The number of nitrogens with one attached hydrogen (secondary N) is 1. The summed E-state index contributed by atoms with van der Waals surface area (Å²) in [4.78, 5) is 13.0. The molecule has 1 heterocycles. The highest BCUT2D eigenvalue weighted by Crippen LogP contribution is 2.23. The Labute approximate surface area is 391 Å². The van der Waals surface area contributed by atoms with Crippen molar-refractivity contribution in [2.75, 3.05) is 13.2 Å². The van der Waals surface area contributed by atoms with E-state index in [1.165, 1.54) is 128 Å². The summed E-state index contributed by atoms with van der Waals surface area (Å²) in [5, 5.41) is 54.3. The van der Waals surface area contributed by atoms with Crippen LogP contribution in [0.3, 0.4) is 0 Å². The normalized spacial score (nSPS) is 20.6. The quantitative estimate of drug-likeness (QED) is 0.0262. The molecule has 0 aromatic rings. The Morgan fingerprint density at radius 2 is 0.984 bits per heavy atom. The minimum Gasteiger partial charge on any atom is -0.394 e. The predicted molar refractivity (Wildman–Crippen MR) is 267 cm³/mol. The summed E-state index contributed by atoms with van der Waals surface area (Å²) < 4.78 is 11.2. The fourth-order valence-electron chi connectivity index (χ4n) is 7.87. The van der Waals surface area contributed by atoms with Crippen molar-refractivity contribution in [3.8, 4) is 0 Å². The fourth-order valence-corrected chi connectivity index (χ4v) is 7.87. The minimum atomic E-state index is -1.57. The number of unbranched alkanes of at least 4 members (excludes halogenated alkanes) is 23. The maximum Gasteiger partial charge on any atom is 0.220 e. The van der Waals surface area contributed by atoms with Gasteiger partial charge in [0, 0.05) is 6.42 Å². The zero-order valence-corrected chi connectivity index (χ0v) is 40.8. The van der Waals surface area contributed by atoms with Gasteiger partial charge in [-0.15, -0.1) is 0 Å². The van der Waals surface area contributed by atoms with Gasteiger partial charge in [-0.2, -0.15) is 0 Å². The van der Waals surface area contributed by atoms with Crippen molar-refractivity contribution in [2.45, 2.75) is 256 Å². The number of hydrogen-bond acceptors (Lipinski definition) is 8. The standard InChI is InChI=1S/C55H97NO8/c1-3-5-7-9-11-13-15-17-19-21-22-23-24-25-26-27-28-29-31-33-35-37-39-41-43-45-51(59)56-48(47-63-55-54(62)53(61)52(60)50(46-57)64-55)49(58)44-42-40-38-36-34-32-30-20-18-16-14-12-10-8-6-4-2/h5,7,11,13,17,19,22-23,34,36,42,44,48-50,52-55,57-58,60-62H,3-4,6,8-10,12,14-16,18,20-21,24-33,35,37-41,43,45-47H2,1-2H3,(H,56,59)/b7-5-,13-11-,19-17-,23-22-,36-34+,44-42+. The van der Waals surface area contributed by atoms with E-state index in [4.69, 9.17) is 9.47 Å². The maximum atomic E-state index is 13.0. The van der Waals surface area contributed by atoms with Crippen LogP contribution < -0.4 is 5.32 Å². The molecule has 370 valence electrons. The van der Waals surface area contributed by atoms with Gasteiger partial charge in [0.15, 0.2) is 6.29 Å². The van der Waals surface area contributed by atoms with E-state index in [-0.39, 0.29) is 12.5 Å². The molecule has 0 radical (unpaired) electrons.